The van der Waals surface area contributed by atoms with Crippen LogP contribution in [0.15, 0.2) is 18.3 Å². The molecule has 0 spiro atoms. The number of hydrogen-bond donors (Lipinski definition) is 0. The highest BCUT2D eigenvalue weighted by atomic mass is 35.5. The van der Waals surface area contributed by atoms with Crippen LogP contribution in [0, 0.1) is 0 Å². The standard InChI is InChI=1S/C14H17ClN2O2/c1-17-10-3-4-11(17)7-12(6-10)19-14(18)9-2-5-13(15)16-8-9/h2,5,8,10-12H,3-4,6-7H2,1H3. The number of nitrogens with zero attached hydrogens (tertiary/aromatic N) is 2. The first kappa shape index (κ1) is 12.9. The lowest BCUT2D eigenvalue weighted by atomic mass is 10.0. The second-order valence-corrected chi connectivity index (χ2v) is 5.81. The molecule has 0 radical (unpaired) electrons. The summed E-state index contributed by atoms with van der Waals surface area (Å²) in [7, 11) is 2.17. The third kappa shape index (κ3) is 2.60. The maximum absolute atomic E-state index is 12.0. The van der Waals surface area contributed by atoms with Crippen LogP contribution < -0.4 is 0 Å². The largest absolute Gasteiger partial charge is 0.459 e. The van der Waals surface area contributed by atoms with E-state index in [4.69, 9.17) is 16.3 Å². The summed E-state index contributed by atoms with van der Waals surface area (Å²) in [6.07, 6.45) is 5.83. The Morgan fingerprint density at radius 3 is 2.63 bits per heavy atom. The predicted octanol–water partition coefficient (Wildman–Crippen LogP) is 2.52. The fourth-order valence-electron chi connectivity index (χ4n) is 3.17. The van der Waals surface area contributed by atoms with Gasteiger partial charge in [0.2, 0.25) is 0 Å². The van der Waals surface area contributed by atoms with E-state index in [0.717, 1.165) is 12.8 Å². The van der Waals surface area contributed by atoms with Crippen LogP contribution in [0.2, 0.25) is 5.15 Å². The normalized spacial score (nSPS) is 30.3. The summed E-state index contributed by atoms with van der Waals surface area (Å²) in [5, 5.41) is 0.383. The molecule has 3 rings (SSSR count). The second-order valence-electron chi connectivity index (χ2n) is 5.42. The number of fused-ring (bicyclic) bond motifs is 2. The second kappa shape index (κ2) is 5.10. The number of rotatable bonds is 2. The van der Waals surface area contributed by atoms with Gasteiger partial charge in [-0.25, -0.2) is 9.78 Å². The van der Waals surface area contributed by atoms with Crippen molar-refractivity contribution in [2.24, 2.45) is 0 Å². The summed E-state index contributed by atoms with van der Waals surface area (Å²) >= 11 is 5.70. The van der Waals surface area contributed by atoms with E-state index < -0.39 is 0 Å². The minimum Gasteiger partial charge on any atom is -0.459 e. The lowest BCUT2D eigenvalue weighted by molar-refractivity contribution is -0.000482. The Hall–Kier alpha value is -1.13. The maximum Gasteiger partial charge on any atom is 0.339 e. The molecule has 3 heterocycles. The van der Waals surface area contributed by atoms with Crippen molar-refractivity contribution >= 4 is 17.6 Å². The Morgan fingerprint density at radius 2 is 2.05 bits per heavy atom. The van der Waals surface area contributed by atoms with Crippen LogP contribution in [0.3, 0.4) is 0 Å². The van der Waals surface area contributed by atoms with Gasteiger partial charge in [-0.05, 0) is 32.0 Å². The summed E-state index contributed by atoms with van der Waals surface area (Å²) < 4.78 is 5.60. The van der Waals surface area contributed by atoms with Gasteiger partial charge in [-0.2, -0.15) is 0 Å². The number of hydrogen-bond acceptors (Lipinski definition) is 4. The third-order valence-electron chi connectivity index (χ3n) is 4.29. The Morgan fingerprint density at radius 1 is 1.37 bits per heavy atom. The maximum atomic E-state index is 12.0. The molecule has 19 heavy (non-hydrogen) atoms. The molecule has 2 atom stereocenters. The van der Waals surface area contributed by atoms with Crippen LogP contribution in [-0.2, 0) is 4.74 Å². The van der Waals surface area contributed by atoms with Gasteiger partial charge in [0.05, 0.1) is 5.56 Å². The highest BCUT2D eigenvalue weighted by Crippen LogP contribution is 2.35. The molecule has 0 amide bonds. The molecule has 5 heteroatoms. The number of aromatic nitrogens is 1. The van der Waals surface area contributed by atoms with E-state index >= 15 is 0 Å². The van der Waals surface area contributed by atoms with E-state index in [2.05, 4.69) is 16.9 Å². The molecule has 2 unspecified atom stereocenters. The molecule has 4 nitrogen and oxygen atoms in total. The predicted molar refractivity (Wildman–Crippen MR) is 72.3 cm³/mol. The smallest absolute Gasteiger partial charge is 0.339 e. The van der Waals surface area contributed by atoms with E-state index in [0.29, 0.717) is 22.8 Å². The highest BCUT2D eigenvalue weighted by molar-refractivity contribution is 6.29. The monoisotopic (exact) mass is 280 g/mol. The average Bonchev–Trinajstić information content (AvgIpc) is 2.63. The van der Waals surface area contributed by atoms with Crippen molar-refractivity contribution in [3.8, 4) is 0 Å². The van der Waals surface area contributed by atoms with Crippen molar-refractivity contribution < 1.29 is 9.53 Å². The van der Waals surface area contributed by atoms with Crippen molar-refractivity contribution in [1.29, 1.82) is 0 Å². The Balaban J connectivity index is 1.63. The van der Waals surface area contributed by atoms with Crippen LogP contribution in [0.25, 0.3) is 0 Å². The molecule has 0 N–H and O–H groups in total. The van der Waals surface area contributed by atoms with Gasteiger partial charge in [-0.3, -0.25) is 0 Å². The Kier molecular flexibility index (Phi) is 3.46. The lowest BCUT2D eigenvalue weighted by Gasteiger charge is -2.35. The highest BCUT2D eigenvalue weighted by Gasteiger charge is 2.39. The van der Waals surface area contributed by atoms with Gasteiger partial charge in [0.25, 0.3) is 0 Å². The minimum atomic E-state index is -0.293. The van der Waals surface area contributed by atoms with Gasteiger partial charge in [-0.1, -0.05) is 11.6 Å². The van der Waals surface area contributed by atoms with E-state index in [-0.39, 0.29) is 12.1 Å². The van der Waals surface area contributed by atoms with Gasteiger partial charge < -0.3 is 9.64 Å². The Labute approximate surface area is 117 Å². The van der Waals surface area contributed by atoms with E-state index in [9.17, 15) is 4.79 Å². The van der Waals surface area contributed by atoms with Crippen LogP contribution in [0.5, 0.6) is 0 Å². The zero-order chi connectivity index (χ0) is 13.4. The molecule has 2 bridgehead atoms. The van der Waals surface area contributed by atoms with Crippen molar-refractivity contribution in [3.05, 3.63) is 29.0 Å². The van der Waals surface area contributed by atoms with Crippen LogP contribution in [-0.4, -0.2) is 41.1 Å². The number of halogens is 1. The van der Waals surface area contributed by atoms with Gasteiger partial charge in [-0.15, -0.1) is 0 Å². The fourth-order valence-corrected chi connectivity index (χ4v) is 3.29. The average molecular weight is 281 g/mol. The molecular formula is C14H17ClN2O2. The SMILES string of the molecule is CN1C2CCC1CC(OC(=O)c1ccc(Cl)nc1)C2. The van der Waals surface area contributed by atoms with Crippen molar-refractivity contribution in [3.63, 3.8) is 0 Å². The topological polar surface area (TPSA) is 42.4 Å². The fraction of sp³-hybridized carbons (Fsp3) is 0.571. The number of carbonyl (C=O) groups excluding carboxylic acids is 1. The van der Waals surface area contributed by atoms with Gasteiger partial charge in [0.15, 0.2) is 0 Å². The zero-order valence-electron chi connectivity index (χ0n) is 10.9. The molecule has 1 aromatic rings. The molecule has 0 aliphatic carbocycles. The van der Waals surface area contributed by atoms with Gasteiger partial charge >= 0.3 is 5.97 Å². The zero-order valence-corrected chi connectivity index (χ0v) is 11.6. The molecule has 0 aromatic carbocycles. The first-order chi connectivity index (χ1) is 9.13. The number of esters is 1. The summed E-state index contributed by atoms with van der Waals surface area (Å²) in [6, 6.07) is 4.40. The quantitative estimate of drug-likeness (QED) is 0.617. The molecule has 2 aliphatic rings. The number of carbonyl (C=O) groups is 1. The molecule has 2 saturated heterocycles. The van der Waals surface area contributed by atoms with E-state index in [1.807, 2.05) is 0 Å². The number of pyridine rings is 1. The third-order valence-corrected chi connectivity index (χ3v) is 4.52. The summed E-state index contributed by atoms with van der Waals surface area (Å²) in [6.45, 7) is 0. The summed E-state index contributed by atoms with van der Waals surface area (Å²) in [5.74, 6) is -0.293. The van der Waals surface area contributed by atoms with Crippen molar-refractivity contribution in [2.45, 2.75) is 43.9 Å². The molecule has 0 saturated carbocycles. The number of piperidine rings is 1. The summed E-state index contributed by atoms with van der Waals surface area (Å²) in [4.78, 5) is 18.3. The lowest BCUT2D eigenvalue weighted by Crippen LogP contribution is -2.43. The van der Waals surface area contributed by atoms with Crippen molar-refractivity contribution in [1.82, 2.24) is 9.88 Å². The molecule has 102 valence electrons. The van der Waals surface area contributed by atoms with Crippen LogP contribution in [0.4, 0.5) is 0 Å². The number of ether oxygens (including phenoxy) is 1. The molecular weight excluding hydrogens is 264 g/mol. The Bertz CT molecular complexity index is 463. The van der Waals surface area contributed by atoms with Crippen molar-refractivity contribution in [2.75, 3.05) is 7.05 Å². The first-order valence-corrected chi connectivity index (χ1v) is 7.06. The van der Waals surface area contributed by atoms with Crippen LogP contribution >= 0.6 is 11.6 Å². The summed E-state index contributed by atoms with van der Waals surface area (Å²) in [5.41, 5.74) is 0.468. The minimum absolute atomic E-state index is 0.0388. The van der Waals surface area contributed by atoms with E-state index in [1.54, 1.807) is 12.1 Å². The molecule has 2 fully saturated rings. The van der Waals surface area contributed by atoms with Crippen LogP contribution in [0.1, 0.15) is 36.0 Å². The molecule has 2 aliphatic heterocycles. The molecule has 1 aromatic heterocycles. The first-order valence-electron chi connectivity index (χ1n) is 6.68. The van der Waals surface area contributed by atoms with Gasteiger partial charge in [0, 0.05) is 31.1 Å². The van der Waals surface area contributed by atoms with Gasteiger partial charge in [0.1, 0.15) is 11.3 Å². The van der Waals surface area contributed by atoms with E-state index in [1.165, 1.54) is 19.0 Å².